The van der Waals surface area contributed by atoms with Crippen molar-refractivity contribution in [1.29, 1.82) is 0 Å². The van der Waals surface area contributed by atoms with Crippen LogP contribution >= 0.6 is 11.8 Å². The number of carboxylic acids is 1. The zero-order valence-electron chi connectivity index (χ0n) is 14.2. The summed E-state index contributed by atoms with van der Waals surface area (Å²) in [7, 11) is 3.18. The van der Waals surface area contributed by atoms with Crippen LogP contribution in [-0.2, 0) is 5.75 Å². The molecule has 0 aliphatic rings. The van der Waals surface area contributed by atoms with E-state index in [1.807, 2.05) is 12.1 Å². The normalized spacial score (nSPS) is 10.5. The molecule has 0 fully saturated rings. The van der Waals surface area contributed by atoms with Gasteiger partial charge in [-0.25, -0.2) is 4.98 Å². The average Bonchev–Trinajstić information content (AvgIpc) is 3.15. The topological polar surface area (TPSA) is 100 Å². The molecule has 0 amide bonds. The molecule has 0 saturated heterocycles. The SMILES string of the molecule is COc1cc(OC)cc(-c2nc(SCc3ccc(C(=O)[O-])cc3)n[nH]2)c1. The molecule has 0 aliphatic heterocycles. The van der Waals surface area contributed by atoms with Crippen molar-refractivity contribution in [1.82, 2.24) is 15.2 Å². The van der Waals surface area contributed by atoms with Crippen LogP contribution in [0.25, 0.3) is 11.4 Å². The molecular formula is C18H16N3O4S-. The third-order valence-corrected chi connectivity index (χ3v) is 4.57. The molecule has 0 saturated carbocycles. The molecule has 0 unspecified atom stereocenters. The lowest BCUT2D eigenvalue weighted by Crippen LogP contribution is -2.21. The number of carbonyl (C=O) groups is 1. The minimum atomic E-state index is -1.18. The van der Waals surface area contributed by atoms with Crippen LogP contribution in [0.3, 0.4) is 0 Å². The largest absolute Gasteiger partial charge is 0.545 e. The van der Waals surface area contributed by atoms with E-state index in [0.29, 0.717) is 28.2 Å². The molecule has 1 aromatic heterocycles. The molecule has 3 aromatic rings. The van der Waals surface area contributed by atoms with Crippen LogP contribution in [0.2, 0.25) is 0 Å². The van der Waals surface area contributed by atoms with E-state index in [-0.39, 0.29) is 5.56 Å². The second kappa shape index (κ2) is 7.92. The lowest BCUT2D eigenvalue weighted by atomic mass is 10.1. The predicted molar refractivity (Wildman–Crippen MR) is 95.3 cm³/mol. The van der Waals surface area contributed by atoms with Gasteiger partial charge >= 0.3 is 0 Å². The summed E-state index contributed by atoms with van der Waals surface area (Å²) in [5, 5.41) is 18.5. The average molecular weight is 370 g/mol. The Morgan fingerprint density at radius 3 is 2.35 bits per heavy atom. The van der Waals surface area contributed by atoms with Gasteiger partial charge in [-0.1, -0.05) is 36.0 Å². The molecular weight excluding hydrogens is 354 g/mol. The Balaban J connectivity index is 1.71. The monoisotopic (exact) mass is 370 g/mol. The van der Waals surface area contributed by atoms with E-state index < -0.39 is 5.97 Å². The number of hydrogen-bond donors (Lipinski definition) is 1. The lowest BCUT2D eigenvalue weighted by Gasteiger charge is -2.06. The van der Waals surface area contributed by atoms with Gasteiger partial charge in [0.05, 0.1) is 20.2 Å². The maximum absolute atomic E-state index is 10.8. The van der Waals surface area contributed by atoms with Gasteiger partial charge in [0.2, 0.25) is 5.16 Å². The number of benzene rings is 2. The molecule has 134 valence electrons. The Morgan fingerprint density at radius 1 is 1.12 bits per heavy atom. The van der Waals surface area contributed by atoms with Crippen LogP contribution in [0, 0.1) is 0 Å². The van der Waals surface area contributed by atoms with Gasteiger partial charge in [-0.3, -0.25) is 5.10 Å². The molecule has 0 bridgehead atoms. The summed E-state index contributed by atoms with van der Waals surface area (Å²) in [5.41, 5.74) is 1.93. The third-order valence-electron chi connectivity index (χ3n) is 3.65. The Bertz CT molecular complexity index is 887. The summed E-state index contributed by atoms with van der Waals surface area (Å²) in [6.45, 7) is 0. The van der Waals surface area contributed by atoms with Gasteiger partial charge in [-0.05, 0) is 23.3 Å². The van der Waals surface area contributed by atoms with Crippen LogP contribution in [0.15, 0.2) is 47.6 Å². The van der Waals surface area contributed by atoms with Crippen LogP contribution < -0.4 is 14.6 Å². The van der Waals surface area contributed by atoms with Crippen molar-refractivity contribution < 1.29 is 19.4 Å². The highest BCUT2D eigenvalue weighted by molar-refractivity contribution is 7.98. The first kappa shape index (κ1) is 17.8. The van der Waals surface area contributed by atoms with Crippen molar-refractivity contribution in [2.24, 2.45) is 0 Å². The molecule has 0 radical (unpaired) electrons. The van der Waals surface area contributed by atoms with E-state index in [1.165, 1.54) is 23.9 Å². The molecule has 0 atom stereocenters. The Labute approximate surface area is 154 Å². The molecule has 0 aliphatic carbocycles. The fraction of sp³-hybridized carbons (Fsp3) is 0.167. The molecule has 2 aromatic carbocycles. The van der Waals surface area contributed by atoms with Crippen molar-refractivity contribution >= 4 is 17.7 Å². The highest BCUT2D eigenvalue weighted by atomic mass is 32.2. The molecule has 3 rings (SSSR count). The summed E-state index contributed by atoms with van der Waals surface area (Å²) in [6.07, 6.45) is 0. The summed E-state index contributed by atoms with van der Waals surface area (Å²) >= 11 is 1.44. The molecule has 1 N–H and O–H groups in total. The minimum absolute atomic E-state index is 0.158. The molecule has 8 heteroatoms. The first-order chi connectivity index (χ1) is 12.6. The van der Waals surface area contributed by atoms with E-state index in [4.69, 9.17) is 9.47 Å². The van der Waals surface area contributed by atoms with Gasteiger partial charge in [0.25, 0.3) is 0 Å². The Kier molecular flexibility index (Phi) is 5.43. The van der Waals surface area contributed by atoms with Crippen LogP contribution in [-0.4, -0.2) is 35.4 Å². The summed E-state index contributed by atoms with van der Waals surface area (Å²) in [5.74, 6) is 1.37. The highest BCUT2D eigenvalue weighted by Gasteiger charge is 2.10. The number of carboxylic acid groups (broad SMARTS) is 1. The highest BCUT2D eigenvalue weighted by Crippen LogP contribution is 2.29. The number of hydrogen-bond acceptors (Lipinski definition) is 7. The zero-order valence-corrected chi connectivity index (χ0v) is 15.0. The summed E-state index contributed by atoms with van der Waals surface area (Å²) in [6, 6.07) is 12.0. The number of ether oxygens (including phenoxy) is 2. The number of methoxy groups -OCH3 is 2. The van der Waals surface area contributed by atoms with E-state index in [2.05, 4.69) is 15.2 Å². The number of nitrogens with zero attached hydrogens (tertiary/aromatic N) is 2. The number of aromatic nitrogens is 3. The first-order valence-electron chi connectivity index (χ1n) is 7.68. The van der Waals surface area contributed by atoms with E-state index >= 15 is 0 Å². The second-order valence-corrected chi connectivity index (χ2v) is 6.28. The van der Waals surface area contributed by atoms with Gasteiger partial charge in [-0.2, -0.15) is 0 Å². The maximum atomic E-state index is 10.8. The summed E-state index contributed by atoms with van der Waals surface area (Å²) in [4.78, 5) is 15.2. The van der Waals surface area contributed by atoms with Crippen LogP contribution in [0.4, 0.5) is 0 Å². The number of rotatable bonds is 7. The number of aromatic amines is 1. The van der Waals surface area contributed by atoms with Crippen molar-refractivity contribution in [2.45, 2.75) is 10.9 Å². The zero-order chi connectivity index (χ0) is 18.5. The fourth-order valence-corrected chi connectivity index (χ4v) is 3.02. The van der Waals surface area contributed by atoms with Crippen LogP contribution in [0.5, 0.6) is 11.5 Å². The van der Waals surface area contributed by atoms with E-state index in [0.717, 1.165) is 11.1 Å². The molecule has 1 heterocycles. The van der Waals surface area contributed by atoms with Gasteiger partial charge in [0.15, 0.2) is 5.82 Å². The number of H-pyrrole nitrogens is 1. The fourth-order valence-electron chi connectivity index (χ4n) is 2.27. The second-order valence-electron chi connectivity index (χ2n) is 5.34. The van der Waals surface area contributed by atoms with Crippen molar-refractivity contribution in [3.63, 3.8) is 0 Å². The maximum Gasteiger partial charge on any atom is 0.209 e. The summed E-state index contributed by atoms with van der Waals surface area (Å²) < 4.78 is 10.5. The van der Waals surface area contributed by atoms with Crippen molar-refractivity contribution in [3.05, 3.63) is 53.6 Å². The van der Waals surface area contributed by atoms with Crippen molar-refractivity contribution in [2.75, 3.05) is 14.2 Å². The standard InChI is InChI=1S/C18H17N3O4S/c1-24-14-7-13(8-15(9-14)25-2)16-19-18(21-20-16)26-10-11-3-5-12(6-4-11)17(22)23/h3-9H,10H2,1-2H3,(H,22,23)(H,19,20,21)/p-1. The smallest absolute Gasteiger partial charge is 0.209 e. The lowest BCUT2D eigenvalue weighted by molar-refractivity contribution is -0.255. The Hall–Kier alpha value is -3.00. The number of thioether (sulfide) groups is 1. The quantitative estimate of drug-likeness (QED) is 0.636. The van der Waals surface area contributed by atoms with Gasteiger partial charge in [0.1, 0.15) is 11.5 Å². The van der Waals surface area contributed by atoms with Gasteiger partial charge in [0, 0.05) is 17.4 Å². The number of carbonyl (C=O) groups excluding carboxylic acids is 1. The minimum Gasteiger partial charge on any atom is -0.545 e. The van der Waals surface area contributed by atoms with Crippen molar-refractivity contribution in [3.8, 4) is 22.9 Å². The van der Waals surface area contributed by atoms with E-state index in [9.17, 15) is 9.90 Å². The first-order valence-corrected chi connectivity index (χ1v) is 8.66. The van der Waals surface area contributed by atoms with Gasteiger partial charge < -0.3 is 19.4 Å². The molecule has 0 spiro atoms. The number of nitrogens with one attached hydrogen (secondary N) is 1. The Morgan fingerprint density at radius 2 is 1.77 bits per heavy atom. The predicted octanol–water partition coefficient (Wildman–Crippen LogP) is 2.14. The molecule has 7 nitrogen and oxygen atoms in total. The van der Waals surface area contributed by atoms with E-state index in [1.54, 1.807) is 32.4 Å². The van der Waals surface area contributed by atoms with Gasteiger partial charge in [-0.15, -0.1) is 5.10 Å². The van der Waals surface area contributed by atoms with Crippen LogP contribution in [0.1, 0.15) is 15.9 Å². The number of aromatic carboxylic acids is 1. The molecule has 26 heavy (non-hydrogen) atoms. The third kappa shape index (κ3) is 4.15.